The molecule has 1 atom stereocenters. The summed E-state index contributed by atoms with van der Waals surface area (Å²) in [4.78, 5) is 0. The Kier molecular flexibility index (Phi) is 3.31. The molecule has 2 aliphatic rings. The predicted octanol–water partition coefficient (Wildman–Crippen LogP) is 5.48. The molecule has 3 rings (SSSR count). The molecule has 0 nitrogen and oxygen atoms in total. The van der Waals surface area contributed by atoms with E-state index in [2.05, 4.69) is 68.6 Å². The molecule has 0 bridgehead atoms. The van der Waals surface area contributed by atoms with E-state index in [1.165, 1.54) is 33.4 Å². The number of hydrogen-bond donors (Lipinski definition) is 0. The van der Waals surface area contributed by atoms with Gasteiger partial charge in [-0.15, -0.1) is 0 Å². The average Bonchev–Trinajstić information content (AvgIpc) is 3.02. The van der Waals surface area contributed by atoms with Crippen LogP contribution in [0, 0.1) is 5.92 Å². The maximum absolute atomic E-state index is 4.21. The second kappa shape index (κ2) is 5.13. The third-order valence-electron chi connectivity index (χ3n) is 4.36. The monoisotopic (exact) mass is 260 g/mol. The zero-order chi connectivity index (χ0) is 14.1. The van der Waals surface area contributed by atoms with E-state index in [9.17, 15) is 0 Å². The predicted molar refractivity (Wildman–Crippen MR) is 87.3 cm³/mol. The van der Waals surface area contributed by atoms with Crippen LogP contribution in [0.25, 0.3) is 5.57 Å². The first-order valence-electron chi connectivity index (χ1n) is 7.17. The van der Waals surface area contributed by atoms with E-state index in [0.717, 1.165) is 12.8 Å². The standard InChI is InChI=1S/C20H20/c1-14-11-20(16(3)15(14)2)13-17-9-10-19(12-17)18-7-5-4-6-8-18/h4-10,13,15H,1,3,11-12H2,2H3/b20-13+. The van der Waals surface area contributed by atoms with Crippen LogP contribution in [0.3, 0.4) is 0 Å². The van der Waals surface area contributed by atoms with Crippen molar-refractivity contribution < 1.29 is 0 Å². The first-order valence-corrected chi connectivity index (χ1v) is 7.17. The first-order chi connectivity index (χ1) is 9.65. The fourth-order valence-corrected chi connectivity index (χ4v) is 2.90. The van der Waals surface area contributed by atoms with Crippen LogP contribution in [-0.4, -0.2) is 0 Å². The molecule has 0 radical (unpaired) electrons. The van der Waals surface area contributed by atoms with Crippen LogP contribution in [0.4, 0.5) is 0 Å². The summed E-state index contributed by atoms with van der Waals surface area (Å²) >= 11 is 0. The molecule has 0 saturated heterocycles. The Labute approximate surface area is 121 Å². The average molecular weight is 260 g/mol. The molecule has 100 valence electrons. The normalized spacial score (nSPS) is 24.2. The molecule has 1 aromatic carbocycles. The van der Waals surface area contributed by atoms with Crippen LogP contribution in [0.5, 0.6) is 0 Å². The summed E-state index contributed by atoms with van der Waals surface area (Å²) in [6, 6.07) is 10.6. The van der Waals surface area contributed by atoms with E-state index in [-0.39, 0.29) is 0 Å². The number of rotatable bonds is 2. The summed E-state index contributed by atoms with van der Waals surface area (Å²) in [5.41, 5.74) is 7.98. The highest BCUT2D eigenvalue weighted by Crippen LogP contribution is 2.40. The zero-order valence-corrected chi connectivity index (χ0v) is 12.0. The van der Waals surface area contributed by atoms with Gasteiger partial charge in [0.05, 0.1) is 0 Å². The van der Waals surface area contributed by atoms with Gasteiger partial charge in [-0.2, -0.15) is 0 Å². The fourth-order valence-electron chi connectivity index (χ4n) is 2.90. The van der Waals surface area contributed by atoms with Crippen LogP contribution >= 0.6 is 0 Å². The molecule has 1 unspecified atom stereocenters. The van der Waals surface area contributed by atoms with Crippen molar-refractivity contribution in [2.45, 2.75) is 19.8 Å². The topological polar surface area (TPSA) is 0 Å². The van der Waals surface area contributed by atoms with Crippen molar-refractivity contribution in [2.75, 3.05) is 0 Å². The van der Waals surface area contributed by atoms with E-state index >= 15 is 0 Å². The van der Waals surface area contributed by atoms with Crippen LogP contribution in [0.2, 0.25) is 0 Å². The lowest BCUT2D eigenvalue weighted by molar-refractivity contribution is 0.868. The summed E-state index contributed by atoms with van der Waals surface area (Å²) in [5, 5.41) is 0. The summed E-state index contributed by atoms with van der Waals surface area (Å²) in [6.07, 6.45) is 8.77. The van der Waals surface area contributed by atoms with Gasteiger partial charge in [0.1, 0.15) is 0 Å². The number of benzene rings is 1. The van der Waals surface area contributed by atoms with Crippen molar-refractivity contribution in [3.8, 4) is 0 Å². The second-order valence-corrected chi connectivity index (χ2v) is 5.73. The van der Waals surface area contributed by atoms with Crippen molar-refractivity contribution in [1.29, 1.82) is 0 Å². The van der Waals surface area contributed by atoms with Gasteiger partial charge >= 0.3 is 0 Å². The van der Waals surface area contributed by atoms with Crippen molar-refractivity contribution in [2.24, 2.45) is 5.92 Å². The SMILES string of the molecule is C=C1C/C(=C\C2=CC=C(c3ccccc3)C2)C(=C)C1C. The molecule has 0 spiro atoms. The van der Waals surface area contributed by atoms with Crippen molar-refractivity contribution in [1.82, 2.24) is 0 Å². The van der Waals surface area contributed by atoms with E-state index in [1.54, 1.807) is 0 Å². The van der Waals surface area contributed by atoms with Gasteiger partial charge in [0.25, 0.3) is 0 Å². The van der Waals surface area contributed by atoms with Crippen LogP contribution in [-0.2, 0) is 0 Å². The van der Waals surface area contributed by atoms with Gasteiger partial charge in [0.15, 0.2) is 0 Å². The molecule has 1 fully saturated rings. The minimum Gasteiger partial charge on any atom is -0.0989 e. The Morgan fingerprint density at radius 2 is 1.80 bits per heavy atom. The molecule has 1 saturated carbocycles. The molecule has 2 aliphatic carbocycles. The van der Waals surface area contributed by atoms with Crippen LogP contribution in [0.1, 0.15) is 25.3 Å². The summed E-state index contributed by atoms with van der Waals surface area (Å²) in [6.45, 7) is 10.5. The lowest BCUT2D eigenvalue weighted by atomic mass is 9.99. The molecule has 0 aliphatic heterocycles. The van der Waals surface area contributed by atoms with Gasteiger partial charge in [-0.3, -0.25) is 0 Å². The van der Waals surface area contributed by atoms with Crippen molar-refractivity contribution >= 4 is 5.57 Å². The molecule has 0 heteroatoms. The highest BCUT2D eigenvalue weighted by molar-refractivity contribution is 5.73. The van der Waals surface area contributed by atoms with Gasteiger partial charge in [0, 0.05) is 5.92 Å². The minimum atomic E-state index is 0.435. The third-order valence-corrected chi connectivity index (χ3v) is 4.36. The summed E-state index contributed by atoms with van der Waals surface area (Å²) in [7, 11) is 0. The molecular formula is C20H20. The minimum absolute atomic E-state index is 0.435. The number of allylic oxidation sites excluding steroid dienone is 8. The molecule has 0 amide bonds. The fraction of sp³-hybridized carbons (Fsp3) is 0.200. The highest BCUT2D eigenvalue weighted by Gasteiger charge is 2.23. The summed E-state index contributed by atoms with van der Waals surface area (Å²) < 4.78 is 0. The molecule has 0 aromatic heterocycles. The largest absolute Gasteiger partial charge is 0.0989 e. The molecule has 20 heavy (non-hydrogen) atoms. The van der Waals surface area contributed by atoms with E-state index in [4.69, 9.17) is 0 Å². The quantitative estimate of drug-likeness (QED) is 0.618. The van der Waals surface area contributed by atoms with Gasteiger partial charge in [-0.25, -0.2) is 0 Å². The van der Waals surface area contributed by atoms with E-state index in [0.29, 0.717) is 5.92 Å². The van der Waals surface area contributed by atoms with Gasteiger partial charge in [0.2, 0.25) is 0 Å². The maximum Gasteiger partial charge on any atom is 0.00174 e. The molecule has 0 N–H and O–H groups in total. The van der Waals surface area contributed by atoms with E-state index < -0.39 is 0 Å². The Bertz CT molecular complexity index is 651. The Balaban J connectivity index is 1.74. The van der Waals surface area contributed by atoms with Gasteiger partial charge in [-0.05, 0) is 40.7 Å². The lowest BCUT2D eigenvalue weighted by Crippen LogP contribution is -1.89. The van der Waals surface area contributed by atoms with Gasteiger partial charge in [-0.1, -0.05) is 74.2 Å². The Hall–Kier alpha value is -2.08. The molecular weight excluding hydrogens is 240 g/mol. The van der Waals surface area contributed by atoms with Crippen molar-refractivity contribution in [3.63, 3.8) is 0 Å². The number of hydrogen-bond acceptors (Lipinski definition) is 0. The zero-order valence-electron chi connectivity index (χ0n) is 12.0. The lowest BCUT2D eigenvalue weighted by Gasteiger charge is -2.05. The van der Waals surface area contributed by atoms with Crippen LogP contribution in [0.15, 0.2) is 84.0 Å². The van der Waals surface area contributed by atoms with Crippen molar-refractivity contribution in [3.05, 3.63) is 89.6 Å². The summed E-state index contributed by atoms with van der Waals surface area (Å²) in [5.74, 6) is 0.435. The Morgan fingerprint density at radius 3 is 2.45 bits per heavy atom. The molecule has 0 heterocycles. The van der Waals surface area contributed by atoms with Gasteiger partial charge < -0.3 is 0 Å². The van der Waals surface area contributed by atoms with E-state index in [1.807, 2.05) is 0 Å². The molecule has 1 aromatic rings. The van der Waals surface area contributed by atoms with Crippen LogP contribution < -0.4 is 0 Å². The highest BCUT2D eigenvalue weighted by atomic mass is 14.3. The second-order valence-electron chi connectivity index (χ2n) is 5.73. The first kappa shape index (κ1) is 12.9. The third kappa shape index (κ3) is 2.34. The maximum atomic E-state index is 4.21. The smallest absolute Gasteiger partial charge is 0.00174 e. The Morgan fingerprint density at radius 1 is 1.05 bits per heavy atom.